The Morgan fingerprint density at radius 2 is 1.93 bits per heavy atom. The summed E-state index contributed by atoms with van der Waals surface area (Å²) in [6.45, 7) is 0. The standard InChI is InChI=1S/C6H6Cl2N2O3S2/c1-14(11,10-15(8,12)13)6-3-2-5(7)4-9-6/h2-4H,1H3. The van der Waals surface area contributed by atoms with Gasteiger partial charge in [-0.25, -0.2) is 9.19 Å². The molecule has 0 saturated heterocycles. The summed E-state index contributed by atoms with van der Waals surface area (Å²) >= 11 is 5.56. The van der Waals surface area contributed by atoms with Crippen LogP contribution in [0.5, 0.6) is 0 Å². The Morgan fingerprint density at radius 1 is 1.33 bits per heavy atom. The van der Waals surface area contributed by atoms with Crippen LogP contribution in [0.15, 0.2) is 27.1 Å². The van der Waals surface area contributed by atoms with Crippen LogP contribution in [0.1, 0.15) is 0 Å². The second kappa shape index (κ2) is 4.25. The summed E-state index contributed by atoms with van der Waals surface area (Å²) in [5.41, 5.74) is 0. The topological polar surface area (TPSA) is 76.5 Å². The van der Waals surface area contributed by atoms with Crippen molar-refractivity contribution in [1.82, 2.24) is 4.98 Å². The van der Waals surface area contributed by atoms with E-state index in [0.717, 1.165) is 6.26 Å². The van der Waals surface area contributed by atoms with E-state index in [1.165, 1.54) is 18.3 Å². The monoisotopic (exact) mass is 288 g/mol. The molecule has 0 spiro atoms. The first-order chi connectivity index (χ1) is 6.71. The number of hydrogen-bond acceptors (Lipinski definition) is 4. The predicted octanol–water partition coefficient (Wildman–Crippen LogP) is 1.68. The number of rotatable bonds is 2. The van der Waals surface area contributed by atoms with Crippen LogP contribution in [-0.2, 0) is 19.0 Å². The zero-order chi connectivity index (χ0) is 11.7. The molecule has 84 valence electrons. The summed E-state index contributed by atoms with van der Waals surface area (Å²) < 4.78 is 36.1. The number of aromatic nitrogens is 1. The Bertz CT molecular complexity index is 573. The average Bonchev–Trinajstić information content (AvgIpc) is 2.00. The smallest absolute Gasteiger partial charge is 0.245 e. The van der Waals surface area contributed by atoms with Crippen LogP contribution in [0, 0.1) is 0 Å². The van der Waals surface area contributed by atoms with Crippen molar-refractivity contribution in [2.24, 2.45) is 3.77 Å². The Balaban J connectivity index is 3.36. The van der Waals surface area contributed by atoms with E-state index < -0.39 is 19.0 Å². The molecule has 0 amide bonds. The largest absolute Gasteiger partial charge is 0.347 e. The maximum atomic E-state index is 11.8. The first kappa shape index (κ1) is 12.7. The minimum atomic E-state index is -4.19. The molecule has 15 heavy (non-hydrogen) atoms. The van der Waals surface area contributed by atoms with Crippen molar-refractivity contribution in [2.75, 3.05) is 6.26 Å². The molecule has 0 saturated carbocycles. The van der Waals surface area contributed by atoms with Gasteiger partial charge in [0.25, 0.3) is 0 Å². The summed E-state index contributed by atoms with van der Waals surface area (Å²) in [4.78, 5) is 3.71. The lowest BCUT2D eigenvalue weighted by molar-refractivity contribution is 0.611. The molecule has 1 unspecified atom stereocenters. The van der Waals surface area contributed by atoms with Crippen LogP contribution in [0.25, 0.3) is 0 Å². The number of halogens is 2. The van der Waals surface area contributed by atoms with Crippen LogP contribution in [0.2, 0.25) is 5.02 Å². The zero-order valence-corrected chi connectivity index (χ0v) is 10.6. The van der Waals surface area contributed by atoms with Gasteiger partial charge in [-0.05, 0) is 12.1 Å². The van der Waals surface area contributed by atoms with Crippen LogP contribution in [0.3, 0.4) is 0 Å². The minimum Gasteiger partial charge on any atom is -0.245 e. The molecule has 5 nitrogen and oxygen atoms in total. The fourth-order valence-electron chi connectivity index (χ4n) is 0.794. The van der Waals surface area contributed by atoms with Gasteiger partial charge in [0.15, 0.2) is 0 Å². The van der Waals surface area contributed by atoms with Crippen molar-refractivity contribution >= 4 is 41.2 Å². The van der Waals surface area contributed by atoms with Gasteiger partial charge in [0.2, 0.25) is 0 Å². The predicted molar refractivity (Wildman–Crippen MR) is 58.8 cm³/mol. The van der Waals surface area contributed by atoms with Gasteiger partial charge in [-0.15, -0.1) is 0 Å². The molecule has 1 heterocycles. The third-order valence-electron chi connectivity index (χ3n) is 1.32. The molecule has 0 aliphatic rings. The van der Waals surface area contributed by atoms with Crippen LogP contribution in [0.4, 0.5) is 0 Å². The highest BCUT2D eigenvalue weighted by Crippen LogP contribution is 2.14. The Kier molecular flexibility index (Phi) is 3.59. The van der Waals surface area contributed by atoms with Crippen LogP contribution < -0.4 is 0 Å². The third-order valence-corrected chi connectivity index (χ3v) is 4.92. The van der Waals surface area contributed by atoms with Crippen molar-refractivity contribution in [3.8, 4) is 0 Å². The summed E-state index contributed by atoms with van der Waals surface area (Å²) in [6, 6.07) is 2.76. The zero-order valence-electron chi connectivity index (χ0n) is 7.42. The van der Waals surface area contributed by atoms with Gasteiger partial charge in [0.05, 0.1) is 5.02 Å². The molecule has 1 atom stereocenters. The van der Waals surface area contributed by atoms with Gasteiger partial charge in [-0.2, -0.15) is 8.42 Å². The fraction of sp³-hybridized carbons (Fsp3) is 0.167. The highest BCUT2D eigenvalue weighted by atomic mass is 35.7. The van der Waals surface area contributed by atoms with E-state index in [4.69, 9.17) is 22.3 Å². The minimum absolute atomic E-state index is 0.0103. The molecule has 0 aliphatic heterocycles. The molecule has 0 aliphatic carbocycles. The summed E-state index contributed by atoms with van der Waals surface area (Å²) in [5.74, 6) is 0. The SMILES string of the molecule is CS(=O)(=NS(=O)(=O)Cl)c1ccc(Cl)cn1. The summed E-state index contributed by atoms with van der Waals surface area (Å²) in [5, 5.41) is 0.360. The van der Waals surface area contributed by atoms with Crippen molar-refractivity contribution in [1.29, 1.82) is 0 Å². The maximum absolute atomic E-state index is 11.8. The van der Waals surface area contributed by atoms with Crippen molar-refractivity contribution in [2.45, 2.75) is 5.03 Å². The summed E-state index contributed by atoms with van der Waals surface area (Å²) in [6.07, 6.45) is 2.37. The van der Waals surface area contributed by atoms with Crippen LogP contribution >= 0.6 is 22.3 Å². The second-order valence-electron chi connectivity index (χ2n) is 2.60. The maximum Gasteiger partial charge on any atom is 0.347 e. The molecule has 9 heteroatoms. The normalized spacial score (nSPS) is 15.7. The molecule has 1 aromatic heterocycles. The van der Waals surface area contributed by atoms with E-state index in [0.29, 0.717) is 5.02 Å². The number of nitrogens with zero attached hydrogens (tertiary/aromatic N) is 2. The number of hydrogen-bond donors (Lipinski definition) is 0. The van der Waals surface area contributed by atoms with E-state index in [-0.39, 0.29) is 5.03 Å². The van der Waals surface area contributed by atoms with Crippen molar-refractivity contribution < 1.29 is 12.6 Å². The van der Waals surface area contributed by atoms with Gasteiger partial charge < -0.3 is 0 Å². The van der Waals surface area contributed by atoms with E-state index in [2.05, 4.69) is 8.75 Å². The van der Waals surface area contributed by atoms with E-state index in [9.17, 15) is 12.6 Å². The molecule has 0 aromatic carbocycles. The average molecular weight is 289 g/mol. The van der Waals surface area contributed by atoms with Gasteiger partial charge >= 0.3 is 9.24 Å². The molecule has 0 radical (unpaired) electrons. The lowest BCUT2D eigenvalue weighted by Gasteiger charge is -2.00. The first-order valence-electron chi connectivity index (χ1n) is 3.50. The Hall–Kier alpha value is -0.370. The van der Waals surface area contributed by atoms with Crippen molar-refractivity contribution in [3.63, 3.8) is 0 Å². The molecule has 1 rings (SSSR count). The molecule has 0 N–H and O–H groups in total. The Morgan fingerprint density at radius 3 is 2.33 bits per heavy atom. The molecular weight excluding hydrogens is 283 g/mol. The van der Waals surface area contributed by atoms with E-state index in [1.807, 2.05) is 0 Å². The lowest BCUT2D eigenvalue weighted by Crippen LogP contribution is -2.02. The highest BCUT2D eigenvalue weighted by Gasteiger charge is 2.12. The molecule has 0 fully saturated rings. The molecule has 1 aromatic rings. The van der Waals surface area contributed by atoms with Gasteiger partial charge in [-0.1, -0.05) is 15.4 Å². The second-order valence-corrected chi connectivity index (χ2v) is 7.65. The fourth-order valence-corrected chi connectivity index (χ4v) is 4.11. The molecule has 0 bridgehead atoms. The lowest BCUT2D eigenvalue weighted by atomic mass is 10.5. The highest BCUT2D eigenvalue weighted by molar-refractivity contribution is 8.17. The van der Waals surface area contributed by atoms with Gasteiger partial charge in [0, 0.05) is 23.1 Å². The quantitative estimate of drug-likeness (QED) is 0.776. The Labute approximate surface area is 97.2 Å². The van der Waals surface area contributed by atoms with E-state index >= 15 is 0 Å². The molecular formula is C6H6Cl2N2O3S2. The summed E-state index contributed by atoms with van der Waals surface area (Å²) in [7, 11) is -2.47. The first-order valence-corrected chi connectivity index (χ1v) is 8.07. The van der Waals surface area contributed by atoms with Crippen LogP contribution in [-0.4, -0.2) is 23.9 Å². The van der Waals surface area contributed by atoms with E-state index in [1.54, 1.807) is 0 Å². The van der Waals surface area contributed by atoms with Gasteiger partial charge in [-0.3, -0.25) is 0 Å². The van der Waals surface area contributed by atoms with Gasteiger partial charge in [0.1, 0.15) is 14.8 Å². The number of pyridine rings is 1. The third kappa shape index (κ3) is 3.94. The van der Waals surface area contributed by atoms with Crippen molar-refractivity contribution in [3.05, 3.63) is 23.4 Å².